The Morgan fingerprint density at radius 3 is 2.29 bits per heavy atom. The number of likely N-dealkylation sites (N-methyl/N-ethyl adjacent to an activating group) is 1. The number of Topliss-reactive ketones (excluding diaryl/α,β-unsaturated/α-hetero) is 1. The van der Waals surface area contributed by atoms with E-state index >= 15 is 0 Å². The molecule has 1 aliphatic carbocycles. The molecule has 2 aliphatic rings. The number of nitrogens with zero attached hydrogens (tertiary/aromatic N) is 2. The van der Waals surface area contributed by atoms with Crippen molar-refractivity contribution in [1.82, 2.24) is 9.47 Å². The van der Waals surface area contributed by atoms with E-state index in [1.54, 1.807) is 0 Å². The van der Waals surface area contributed by atoms with Crippen LogP contribution in [0.4, 0.5) is 0 Å². The zero-order valence-corrected chi connectivity index (χ0v) is 23.9. The van der Waals surface area contributed by atoms with Crippen molar-refractivity contribution >= 4 is 28.4 Å². The molecule has 6 rings (SSSR count). The molecule has 1 aromatic heterocycles. The summed E-state index contributed by atoms with van der Waals surface area (Å²) in [6, 6.07) is 25.1. The van der Waals surface area contributed by atoms with Crippen LogP contribution in [-0.4, -0.2) is 53.7 Å². The minimum absolute atomic E-state index is 0.00911. The lowest BCUT2D eigenvalue weighted by molar-refractivity contribution is -0.154. The van der Waals surface area contributed by atoms with Crippen molar-refractivity contribution in [2.24, 2.45) is 17.8 Å². The second kappa shape index (κ2) is 11.1. The van der Waals surface area contributed by atoms with E-state index in [0.29, 0.717) is 30.5 Å². The van der Waals surface area contributed by atoms with Gasteiger partial charge in [-0.3, -0.25) is 14.4 Å². The van der Waals surface area contributed by atoms with Gasteiger partial charge in [0, 0.05) is 47.6 Å². The standard InChI is InChI=1S/C35H36N2O4/c1-4-23-21-36(2)30-18-28-26-12-8-9-13-29(26)37(33(28)31(38)19-27(23)32(30)35(40)41-3)20-22-14-16-25(17-15-22)34(39)24-10-6-5-7-11-24/h5-17,23,27,30,32H,4,18-21H2,1-3H3/t23-,27-,30+,32?/m1/s1. The third-order valence-electron chi connectivity index (χ3n) is 9.33. The summed E-state index contributed by atoms with van der Waals surface area (Å²) < 4.78 is 7.46. The number of fused-ring (bicyclic) bond motifs is 5. The lowest BCUT2D eigenvalue weighted by Crippen LogP contribution is -2.56. The van der Waals surface area contributed by atoms with Crippen molar-refractivity contribution in [2.75, 3.05) is 20.7 Å². The number of hydrogen-bond donors (Lipinski definition) is 0. The fourth-order valence-corrected chi connectivity index (χ4v) is 7.25. The first kappa shape index (κ1) is 27.2. The highest BCUT2D eigenvalue weighted by molar-refractivity contribution is 6.09. The molecule has 0 spiro atoms. The normalized spacial score (nSPS) is 22.6. The van der Waals surface area contributed by atoms with Gasteiger partial charge in [0.1, 0.15) is 0 Å². The van der Waals surface area contributed by atoms with Crippen LogP contribution in [0, 0.1) is 17.8 Å². The first-order valence-electron chi connectivity index (χ1n) is 14.5. The average molecular weight is 549 g/mol. The summed E-state index contributed by atoms with van der Waals surface area (Å²) in [4.78, 5) is 42.6. The number of likely N-dealkylation sites (tertiary alicyclic amines) is 1. The number of piperidine rings is 1. The molecular weight excluding hydrogens is 512 g/mol. The topological polar surface area (TPSA) is 68.6 Å². The number of ketones is 2. The molecule has 0 saturated carbocycles. The van der Waals surface area contributed by atoms with E-state index in [-0.39, 0.29) is 41.3 Å². The highest BCUT2D eigenvalue weighted by atomic mass is 16.5. The molecule has 4 aromatic rings. The first-order valence-corrected chi connectivity index (χ1v) is 14.5. The minimum atomic E-state index is -0.336. The van der Waals surface area contributed by atoms with Gasteiger partial charge in [-0.2, -0.15) is 0 Å². The van der Waals surface area contributed by atoms with Gasteiger partial charge in [0.25, 0.3) is 0 Å². The summed E-state index contributed by atoms with van der Waals surface area (Å²) in [5.74, 6) is -0.271. The van der Waals surface area contributed by atoms with Crippen LogP contribution < -0.4 is 0 Å². The smallest absolute Gasteiger partial charge is 0.310 e. The summed E-state index contributed by atoms with van der Waals surface area (Å²) in [7, 11) is 3.55. The van der Waals surface area contributed by atoms with E-state index in [1.807, 2.05) is 66.7 Å². The van der Waals surface area contributed by atoms with Gasteiger partial charge in [0.15, 0.2) is 11.6 Å². The van der Waals surface area contributed by atoms with Crippen LogP contribution in [0.1, 0.15) is 57.3 Å². The molecule has 1 unspecified atom stereocenters. The van der Waals surface area contributed by atoms with Gasteiger partial charge >= 0.3 is 5.97 Å². The maximum Gasteiger partial charge on any atom is 0.310 e. The molecule has 210 valence electrons. The second-order valence-corrected chi connectivity index (χ2v) is 11.5. The molecule has 6 heteroatoms. The fourth-order valence-electron chi connectivity index (χ4n) is 7.25. The summed E-state index contributed by atoms with van der Waals surface area (Å²) in [6.45, 7) is 3.53. The highest BCUT2D eigenvalue weighted by Gasteiger charge is 2.49. The van der Waals surface area contributed by atoms with Gasteiger partial charge in [0.05, 0.1) is 18.7 Å². The van der Waals surface area contributed by atoms with E-state index < -0.39 is 0 Å². The van der Waals surface area contributed by atoms with Crippen molar-refractivity contribution < 1.29 is 19.1 Å². The van der Waals surface area contributed by atoms with E-state index in [1.165, 1.54) is 7.11 Å². The number of benzene rings is 3. The Bertz CT molecular complexity index is 1600. The van der Waals surface area contributed by atoms with Gasteiger partial charge in [0.2, 0.25) is 0 Å². The second-order valence-electron chi connectivity index (χ2n) is 11.5. The van der Waals surface area contributed by atoms with Crippen molar-refractivity contribution in [3.8, 4) is 0 Å². The molecule has 6 nitrogen and oxygen atoms in total. The number of carbonyl (C=O) groups excluding carboxylic acids is 3. The van der Waals surface area contributed by atoms with Crippen LogP contribution >= 0.6 is 0 Å². The molecule has 3 aromatic carbocycles. The molecule has 2 heterocycles. The summed E-state index contributed by atoms with van der Waals surface area (Å²) in [6.07, 6.45) is 1.85. The van der Waals surface area contributed by atoms with Gasteiger partial charge in [-0.05, 0) is 42.5 Å². The molecular formula is C35H36N2O4. The third kappa shape index (κ3) is 4.80. The molecule has 2 bridgehead atoms. The monoisotopic (exact) mass is 548 g/mol. The quantitative estimate of drug-likeness (QED) is 0.225. The Labute approximate surface area is 240 Å². The lowest BCUT2D eigenvalue weighted by Gasteiger charge is -2.48. The fraction of sp³-hybridized carbons (Fsp3) is 0.343. The summed E-state index contributed by atoms with van der Waals surface area (Å²) >= 11 is 0. The molecule has 4 atom stereocenters. The zero-order valence-electron chi connectivity index (χ0n) is 23.9. The largest absolute Gasteiger partial charge is 0.469 e. The van der Waals surface area contributed by atoms with Crippen LogP contribution in [0.5, 0.6) is 0 Å². The number of esters is 1. The third-order valence-corrected chi connectivity index (χ3v) is 9.33. The zero-order chi connectivity index (χ0) is 28.7. The molecule has 0 radical (unpaired) electrons. The average Bonchev–Trinajstić information content (AvgIpc) is 3.30. The predicted octanol–water partition coefficient (Wildman–Crippen LogP) is 5.80. The molecule has 1 saturated heterocycles. The van der Waals surface area contributed by atoms with Gasteiger partial charge in [-0.1, -0.05) is 86.1 Å². The van der Waals surface area contributed by atoms with Crippen LogP contribution in [0.2, 0.25) is 0 Å². The Hall–Kier alpha value is -4.03. The predicted molar refractivity (Wildman–Crippen MR) is 159 cm³/mol. The van der Waals surface area contributed by atoms with Crippen LogP contribution in [0.25, 0.3) is 10.9 Å². The lowest BCUT2D eigenvalue weighted by atomic mass is 9.67. The number of rotatable bonds is 6. The van der Waals surface area contributed by atoms with Crippen LogP contribution in [-0.2, 0) is 22.5 Å². The Morgan fingerprint density at radius 1 is 0.902 bits per heavy atom. The molecule has 41 heavy (non-hydrogen) atoms. The van der Waals surface area contributed by atoms with Gasteiger partial charge in [-0.15, -0.1) is 0 Å². The maximum atomic E-state index is 14.2. The number of para-hydroxylation sites is 1. The van der Waals surface area contributed by atoms with Crippen molar-refractivity contribution in [3.05, 3.63) is 107 Å². The molecule has 1 fully saturated rings. The van der Waals surface area contributed by atoms with Crippen molar-refractivity contribution in [1.29, 1.82) is 0 Å². The van der Waals surface area contributed by atoms with Gasteiger partial charge < -0.3 is 14.2 Å². The number of hydrogen-bond acceptors (Lipinski definition) is 5. The number of carbonyl (C=O) groups is 3. The number of aromatic nitrogens is 1. The van der Waals surface area contributed by atoms with Crippen LogP contribution in [0.3, 0.4) is 0 Å². The number of ether oxygens (including phenoxy) is 1. The van der Waals surface area contributed by atoms with E-state index in [2.05, 4.69) is 35.6 Å². The molecule has 0 amide bonds. The van der Waals surface area contributed by atoms with Gasteiger partial charge in [-0.25, -0.2) is 0 Å². The molecule has 1 aliphatic heterocycles. The Morgan fingerprint density at radius 2 is 1.59 bits per heavy atom. The highest BCUT2D eigenvalue weighted by Crippen LogP contribution is 2.43. The van der Waals surface area contributed by atoms with Crippen LogP contribution in [0.15, 0.2) is 78.9 Å². The Balaban J connectivity index is 1.41. The van der Waals surface area contributed by atoms with E-state index in [4.69, 9.17) is 4.74 Å². The first-order chi connectivity index (χ1) is 19.9. The number of methoxy groups -OCH3 is 1. The summed E-state index contributed by atoms with van der Waals surface area (Å²) in [5.41, 5.74) is 5.09. The maximum absolute atomic E-state index is 14.2. The minimum Gasteiger partial charge on any atom is -0.469 e. The summed E-state index contributed by atoms with van der Waals surface area (Å²) in [5, 5.41) is 1.06. The van der Waals surface area contributed by atoms with Crippen molar-refractivity contribution in [3.63, 3.8) is 0 Å². The SMILES string of the molecule is CC[C@@H]1CN(C)[C@H]2Cc3c(n(Cc4ccc(C(=O)c5ccccc5)cc4)c4ccccc34)C(=O)C[C@H]1C2C(=O)OC. The Kier molecular flexibility index (Phi) is 7.35. The van der Waals surface area contributed by atoms with E-state index in [9.17, 15) is 14.4 Å². The molecule has 0 N–H and O–H groups in total. The van der Waals surface area contributed by atoms with Crippen molar-refractivity contribution in [2.45, 2.75) is 38.8 Å². The van der Waals surface area contributed by atoms with E-state index in [0.717, 1.165) is 40.7 Å².